The molecule has 1 aromatic heterocycles. The number of nitrogen functional groups attached to an aromatic ring is 1. The quantitative estimate of drug-likeness (QED) is 0.758. The van der Waals surface area contributed by atoms with Crippen molar-refractivity contribution in [3.05, 3.63) is 17.8 Å². The Balaban J connectivity index is 2.16. The third kappa shape index (κ3) is 2.28. The fourth-order valence-corrected chi connectivity index (χ4v) is 2.62. The molecule has 0 unspecified atom stereocenters. The summed E-state index contributed by atoms with van der Waals surface area (Å²) in [4.78, 5) is 6.47. The van der Waals surface area contributed by atoms with E-state index in [1.165, 1.54) is 0 Å². The number of aromatic nitrogens is 1. The molecule has 0 atom stereocenters. The Kier molecular flexibility index (Phi) is 2.90. The van der Waals surface area contributed by atoms with E-state index in [0.29, 0.717) is 0 Å². The van der Waals surface area contributed by atoms with Crippen LogP contribution < -0.4 is 10.6 Å². The summed E-state index contributed by atoms with van der Waals surface area (Å²) in [6.07, 6.45) is 1.79. The van der Waals surface area contributed by atoms with Gasteiger partial charge >= 0.3 is 0 Å². The molecule has 2 rings (SSSR count). The summed E-state index contributed by atoms with van der Waals surface area (Å²) in [6.45, 7) is 3.56. The summed E-state index contributed by atoms with van der Waals surface area (Å²) in [5, 5.41) is 0. The minimum atomic E-state index is -0.645. The van der Waals surface area contributed by atoms with Crippen LogP contribution in [0.15, 0.2) is 12.3 Å². The van der Waals surface area contributed by atoms with Crippen LogP contribution in [0.25, 0.3) is 0 Å². The second kappa shape index (κ2) is 4.18. The second-order valence-corrected chi connectivity index (χ2v) is 5.43. The highest BCUT2D eigenvalue weighted by Crippen LogP contribution is 2.18. The molecule has 0 bridgehead atoms. The van der Waals surface area contributed by atoms with Crippen LogP contribution in [0.4, 0.5) is 11.5 Å². The van der Waals surface area contributed by atoms with E-state index < -0.39 is 10.8 Å². The zero-order chi connectivity index (χ0) is 10.8. The van der Waals surface area contributed by atoms with E-state index in [0.717, 1.165) is 41.7 Å². The maximum absolute atomic E-state index is 11.2. The zero-order valence-electron chi connectivity index (χ0n) is 8.77. The highest BCUT2D eigenvalue weighted by Gasteiger charge is 2.16. The van der Waals surface area contributed by atoms with Gasteiger partial charge in [-0.2, -0.15) is 0 Å². The van der Waals surface area contributed by atoms with Gasteiger partial charge < -0.3 is 10.6 Å². The second-order valence-electron chi connectivity index (χ2n) is 3.73. The standard InChI is InChI=1S/C10H15N3OS/c1-8-7-12-10(6-9(8)11)13-2-4-15(14)5-3-13/h6-7H,2-5H2,1H3,(H2,11,12). The van der Waals surface area contributed by atoms with Gasteiger partial charge in [0.05, 0.1) is 0 Å². The largest absolute Gasteiger partial charge is 0.398 e. The average molecular weight is 225 g/mol. The third-order valence-electron chi connectivity index (χ3n) is 2.63. The Morgan fingerprint density at radius 2 is 2.13 bits per heavy atom. The van der Waals surface area contributed by atoms with Crippen LogP contribution in [0, 0.1) is 6.92 Å². The highest BCUT2D eigenvalue weighted by atomic mass is 32.2. The van der Waals surface area contributed by atoms with Crippen molar-refractivity contribution in [1.29, 1.82) is 0 Å². The average Bonchev–Trinajstić information content (AvgIpc) is 2.23. The SMILES string of the molecule is Cc1cnc(N2CCS(=O)CC2)cc1N. The van der Waals surface area contributed by atoms with E-state index >= 15 is 0 Å². The van der Waals surface area contributed by atoms with Crippen molar-refractivity contribution in [2.75, 3.05) is 35.2 Å². The van der Waals surface area contributed by atoms with Gasteiger partial charge in [0.25, 0.3) is 0 Å². The summed E-state index contributed by atoms with van der Waals surface area (Å²) in [7, 11) is -0.645. The summed E-state index contributed by atoms with van der Waals surface area (Å²) in [6, 6.07) is 1.89. The lowest BCUT2D eigenvalue weighted by atomic mass is 10.2. The predicted octanol–water partition coefficient (Wildman–Crippen LogP) is 0.541. The number of pyridine rings is 1. The van der Waals surface area contributed by atoms with Crippen molar-refractivity contribution in [3.8, 4) is 0 Å². The van der Waals surface area contributed by atoms with Crippen LogP contribution in [-0.2, 0) is 10.8 Å². The molecule has 2 N–H and O–H groups in total. The molecule has 5 heteroatoms. The van der Waals surface area contributed by atoms with Crippen molar-refractivity contribution in [2.45, 2.75) is 6.92 Å². The van der Waals surface area contributed by atoms with Crippen LogP contribution in [-0.4, -0.2) is 33.8 Å². The van der Waals surface area contributed by atoms with Crippen LogP contribution in [0.5, 0.6) is 0 Å². The summed E-state index contributed by atoms with van der Waals surface area (Å²) >= 11 is 0. The first-order valence-electron chi connectivity index (χ1n) is 4.99. The molecule has 2 heterocycles. The van der Waals surface area contributed by atoms with Gasteiger partial charge in [-0.25, -0.2) is 4.98 Å². The van der Waals surface area contributed by atoms with Gasteiger partial charge in [-0.1, -0.05) is 0 Å². The Hall–Kier alpha value is -1.10. The first-order chi connectivity index (χ1) is 7.16. The van der Waals surface area contributed by atoms with E-state index in [1.807, 2.05) is 13.0 Å². The Morgan fingerprint density at radius 3 is 2.73 bits per heavy atom. The predicted molar refractivity (Wildman–Crippen MR) is 63.5 cm³/mol. The Labute approximate surface area is 91.9 Å². The Morgan fingerprint density at radius 1 is 1.47 bits per heavy atom. The Bertz CT molecular complexity index is 384. The molecule has 0 amide bonds. The smallest absolute Gasteiger partial charge is 0.130 e. The lowest BCUT2D eigenvalue weighted by Crippen LogP contribution is -2.38. The number of nitrogens with zero attached hydrogens (tertiary/aromatic N) is 2. The van der Waals surface area contributed by atoms with E-state index in [1.54, 1.807) is 6.20 Å². The van der Waals surface area contributed by atoms with Crippen LogP contribution in [0.2, 0.25) is 0 Å². The van der Waals surface area contributed by atoms with Crippen molar-refractivity contribution < 1.29 is 4.21 Å². The van der Waals surface area contributed by atoms with Crippen LogP contribution in [0.3, 0.4) is 0 Å². The molecule has 15 heavy (non-hydrogen) atoms. The molecule has 1 aliphatic rings. The highest BCUT2D eigenvalue weighted by molar-refractivity contribution is 7.85. The van der Waals surface area contributed by atoms with E-state index in [4.69, 9.17) is 5.73 Å². The number of hydrogen-bond donors (Lipinski definition) is 1. The van der Waals surface area contributed by atoms with Gasteiger partial charge in [0.1, 0.15) is 5.82 Å². The lowest BCUT2D eigenvalue weighted by Gasteiger charge is -2.27. The summed E-state index contributed by atoms with van der Waals surface area (Å²) in [5.74, 6) is 2.36. The third-order valence-corrected chi connectivity index (χ3v) is 3.91. The molecule has 0 aliphatic carbocycles. The van der Waals surface area contributed by atoms with Crippen molar-refractivity contribution in [1.82, 2.24) is 4.98 Å². The van der Waals surface area contributed by atoms with Gasteiger partial charge in [-0.05, 0) is 12.5 Å². The maximum Gasteiger partial charge on any atom is 0.130 e. The van der Waals surface area contributed by atoms with Gasteiger partial charge in [0.2, 0.25) is 0 Å². The number of nitrogens with two attached hydrogens (primary N) is 1. The van der Waals surface area contributed by atoms with Crippen LogP contribution in [0.1, 0.15) is 5.56 Å². The molecule has 0 radical (unpaired) electrons. The molecule has 0 spiro atoms. The monoisotopic (exact) mass is 225 g/mol. The fraction of sp³-hybridized carbons (Fsp3) is 0.500. The molecular formula is C10H15N3OS. The molecule has 0 saturated carbocycles. The lowest BCUT2D eigenvalue weighted by molar-refractivity contribution is 0.672. The summed E-state index contributed by atoms with van der Waals surface area (Å²) in [5.41, 5.74) is 7.60. The number of rotatable bonds is 1. The molecule has 1 saturated heterocycles. The number of aryl methyl sites for hydroxylation is 1. The normalized spacial score (nSPS) is 18.1. The molecule has 1 aliphatic heterocycles. The van der Waals surface area contributed by atoms with Crippen molar-refractivity contribution in [2.24, 2.45) is 0 Å². The fourth-order valence-electron chi connectivity index (χ4n) is 1.57. The van der Waals surface area contributed by atoms with Gasteiger partial charge in [0, 0.05) is 53.3 Å². The molecule has 0 aromatic carbocycles. The molecule has 82 valence electrons. The van der Waals surface area contributed by atoms with Gasteiger partial charge in [-0.3, -0.25) is 4.21 Å². The summed E-state index contributed by atoms with van der Waals surface area (Å²) < 4.78 is 11.2. The first-order valence-corrected chi connectivity index (χ1v) is 6.47. The molecule has 1 aromatic rings. The number of anilines is 2. The van der Waals surface area contributed by atoms with Crippen molar-refractivity contribution >= 4 is 22.3 Å². The van der Waals surface area contributed by atoms with E-state index in [-0.39, 0.29) is 0 Å². The zero-order valence-corrected chi connectivity index (χ0v) is 9.59. The first kappa shape index (κ1) is 10.4. The van der Waals surface area contributed by atoms with Crippen LogP contribution >= 0.6 is 0 Å². The van der Waals surface area contributed by atoms with E-state index in [2.05, 4.69) is 9.88 Å². The van der Waals surface area contributed by atoms with Gasteiger partial charge in [-0.15, -0.1) is 0 Å². The molecule has 1 fully saturated rings. The van der Waals surface area contributed by atoms with E-state index in [9.17, 15) is 4.21 Å². The number of hydrogen-bond acceptors (Lipinski definition) is 4. The topological polar surface area (TPSA) is 59.2 Å². The maximum atomic E-state index is 11.2. The molecular weight excluding hydrogens is 210 g/mol. The molecule has 4 nitrogen and oxygen atoms in total. The van der Waals surface area contributed by atoms with Gasteiger partial charge in [0.15, 0.2) is 0 Å². The van der Waals surface area contributed by atoms with Crippen molar-refractivity contribution in [3.63, 3.8) is 0 Å². The minimum Gasteiger partial charge on any atom is -0.398 e. The minimum absolute atomic E-state index is 0.645.